The third-order valence-electron chi connectivity index (χ3n) is 2.66. The highest BCUT2D eigenvalue weighted by Crippen LogP contribution is 2.30. The van der Waals surface area contributed by atoms with Gasteiger partial charge in [0, 0.05) is 20.1 Å². The summed E-state index contributed by atoms with van der Waals surface area (Å²) in [6.07, 6.45) is 0.0578. The molecule has 2 heterocycles. The number of nitrogens with zero attached hydrogens (tertiary/aromatic N) is 2. The first-order chi connectivity index (χ1) is 7.24. The summed E-state index contributed by atoms with van der Waals surface area (Å²) >= 11 is 0. The van der Waals surface area contributed by atoms with Crippen molar-refractivity contribution in [3.63, 3.8) is 0 Å². The second-order valence-electron chi connectivity index (χ2n) is 3.70. The maximum Gasteiger partial charge on any atom is 0.217 e. The van der Waals surface area contributed by atoms with Gasteiger partial charge in [0.05, 0.1) is 25.0 Å². The number of aromatic nitrogens is 2. The molecule has 1 fully saturated rings. The van der Waals surface area contributed by atoms with Gasteiger partial charge in [0.25, 0.3) is 0 Å². The van der Waals surface area contributed by atoms with E-state index in [1.54, 1.807) is 11.8 Å². The molecule has 0 saturated carbocycles. The fourth-order valence-corrected chi connectivity index (χ4v) is 2.02. The van der Waals surface area contributed by atoms with Crippen LogP contribution in [-0.4, -0.2) is 36.6 Å². The van der Waals surface area contributed by atoms with Crippen LogP contribution < -0.4 is 10.1 Å². The molecule has 15 heavy (non-hydrogen) atoms. The average molecular weight is 211 g/mol. The van der Waals surface area contributed by atoms with Crippen molar-refractivity contribution in [2.45, 2.75) is 13.0 Å². The smallest absolute Gasteiger partial charge is 0.217 e. The van der Waals surface area contributed by atoms with Gasteiger partial charge in [0.1, 0.15) is 6.10 Å². The van der Waals surface area contributed by atoms with Crippen molar-refractivity contribution in [1.82, 2.24) is 15.1 Å². The van der Waals surface area contributed by atoms with E-state index in [1.807, 2.05) is 14.0 Å². The minimum Gasteiger partial charge on any atom is -0.481 e. The summed E-state index contributed by atoms with van der Waals surface area (Å²) in [5.41, 5.74) is 2.04. The van der Waals surface area contributed by atoms with E-state index >= 15 is 0 Å². The molecule has 0 spiro atoms. The molecule has 1 saturated heterocycles. The Morgan fingerprint density at radius 3 is 3.00 bits per heavy atom. The summed E-state index contributed by atoms with van der Waals surface area (Å²) < 4.78 is 12.8. The lowest BCUT2D eigenvalue weighted by molar-refractivity contribution is 0.0257. The monoisotopic (exact) mass is 211 g/mol. The van der Waals surface area contributed by atoms with Gasteiger partial charge in [-0.3, -0.25) is 0 Å². The number of rotatable bonds is 2. The number of methoxy groups -OCH3 is 1. The Balaban J connectivity index is 2.32. The quantitative estimate of drug-likeness (QED) is 0.769. The van der Waals surface area contributed by atoms with Gasteiger partial charge in [0.15, 0.2) is 0 Å². The van der Waals surface area contributed by atoms with Crippen LogP contribution in [0.4, 0.5) is 0 Å². The second-order valence-corrected chi connectivity index (χ2v) is 3.70. The molecule has 84 valence electrons. The zero-order valence-electron chi connectivity index (χ0n) is 9.41. The first-order valence-corrected chi connectivity index (χ1v) is 5.14. The summed E-state index contributed by atoms with van der Waals surface area (Å²) in [5.74, 6) is 0.793. The van der Waals surface area contributed by atoms with E-state index in [0.717, 1.165) is 36.8 Å². The molecule has 5 nitrogen and oxygen atoms in total. The van der Waals surface area contributed by atoms with Crippen molar-refractivity contribution in [2.75, 3.05) is 26.8 Å². The van der Waals surface area contributed by atoms with Crippen molar-refractivity contribution >= 4 is 0 Å². The summed E-state index contributed by atoms with van der Waals surface area (Å²) in [6, 6.07) is 0. The first kappa shape index (κ1) is 10.4. The third kappa shape index (κ3) is 1.85. The number of hydrogen-bond donors (Lipinski definition) is 1. The molecule has 1 aliphatic heterocycles. The van der Waals surface area contributed by atoms with E-state index in [9.17, 15) is 0 Å². The van der Waals surface area contributed by atoms with Crippen LogP contribution >= 0.6 is 0 Å². The standard InChI is InChI=1S/C10H17N3O2/c1-7-9(8-6-11-4-5-15-8)10(14-3)13(2)12-7/h8,11H,4-6H2,1-3H3. The number of ether oxygens (including phenoxy) is 2. The zero-order chi connectivity index (χ0) is 10.8. The molecule has 1 aliphatic rings. The Kier molecular flexibility index (Phi) is 2.93. The number of aryl methyl sites for hydroxylation is 2. The fraction of sp³-hybridized carbons (Fsp3) is 0.700. The topological polar surface area (TPSA) is 48.3 Å². The highest BCUT2D eigenvalue weighted by Gasteiger charge is 2.25. The van der Waals surface area contributed by atoms with Crippen LogP contribution in [-0.2, 0) is 11.8 Å². The van der Waals surface area contributed by atoms with Crippen molar-refractivity contribution < 1.29 is 9.47 Å². The molecule has 1 unspecified atom stereocenters. The van der Waals surface area contributed by atoms with E-state index in [2.05, 4.69) is 10.4 Å². The van der Waals surface area contributed by atoms with Gasteiger partial charge in [-0.1, -0.05) is 0 Å². The summed E-state index contributed by atoms with van der Waals surface area (Å²) in [7, 11) is 3.54. The van der Waals surface area contributed by atoms with E-state index in [1.165, 1.54) is 0 Å². The maximum atomic E-state index is 5.70. The number of morpholine rings is 1. The molecule has 0 radical (unpaired) electrons. The van der Waals surface area contributed by atoms with E-state index in [-0.39, 0.29) is 6.10 Å². The van der Waals surface area contributed by atoms with Crippen LogP contribution in [0.3, 0.4) is 0 Å². The predicted octanol–water partition coefficient (Wildman–Crippen LogP) is 0.398. The van der Waals surface area contributed by atoms with E-state index in [4.69, 9.17) is 9.47 Å². The van der Waals surface area contributed by atoms with E-state index < -0.39 is 0 Å². The molecular weight excluding hydrogens is 194 g/mol. The molecule has 1 aromatic rings. The molecule has 1 aromatic heterocycles. The normalized spacial score (nSPS) is 21.7. The van der Waals surface area contributed by atoms with Gasteiger partial charge in [-0.05, 0) is 6.92 Å². The Labute approximate surface area is 89.4 Å². The Hall–Kier alpha value is -1.07. The van der Waals surface area contributed by atoms with Crippen molar-refractivity contribution in [3.8, 4) is 5.88 Å². The highest BCUT2D eigenvalue weighted by atomic mass is 16.5. The van der Waals surface area contributed by atoms with Crippen LogP contribution in [0.15, 0.2) is 0 Å². The summed E-state index contributed by atoms with van der Waals surface area (Å²) in [4.78, 5) is 0. The highest BCUT2D eigenvalue weighted by molar-refractivity contribution is 5.33. The molecule has 1 N–H and O–H groups in total. The van der Waals surface area contributed by atoms with Crippen LogP contribution in [0.1, 0.15) is 17.4 Å². The number of hydrogen-bond acceptors (Lipinski definition) is 4. The molecule has 2 rings (SSSR count). The SMILES string of the molecule is COc1c(C2CNCCO2)c(C)nn1C. The van der Waals surface area contributed by atoms with Crippen molar-refractivity contribution in [2.24, 2.45) is 7.05 Å². The lowest BCUT2D eigenvalue weighted by atomic mass is 10.1. The summed E-state index contributed by atoms with van der Waals surface area (Å²) in [6.45, 7) is 4.46. The largest absolute Gasteiger partial charge is 0.481 e. The zero-order valence-corrected chi connectivity index (χ0v) is 9.41. The van der Waals surface area contributed by atoms with Gasteiger partial charge in [0.2, 0.25) is 5.88 Å². The Morgan fingerprint density at radius 1 is 1.60 bits per heavy atom. The van der Waals surface area contributed by atoms with Gasteiger partial charge < -0.3 is 14.8 Å². The average Bonchev–Trinajstić information content (AvgIpc) is 2.54. The van der Waals surface area contributed by atoms with Crippen LogP contribution in [0, 0.1) is 6.92 Å². The van der Waals surface area contributed by atoms with Crippen LogP contribution in [0.25, 0.3) is 0 Å². The molecule has 0 amide bonds. The van der Waals surface area contributed by atoms with Gasteiger partial charge in [-0.2, -0.15) is 5.10 Å². The molecular formula is C10H17N3O2. The van der Waals surface area contributed by atoms with E-state index in [0.29, 0.717) is 0 Å². The number of nitrogens with one attached hydrogen (secondary N) is 1. The minimum absolute atomic E-state index is 0.0578. The van der Waals surface area contributed by atoms with Crippen molar-refractivity contribution in [1.29, 1.82) is 0 Å². The van der Waals surface area contributed by atoms with Crippen LogP contribution in [0.5, 0.6) is 5.88 Å². The molecule has 0 aliphatic carbocycles. The van der Waals surface area contributed by atoms with Gasteiger partial charge >= 0.3 is 0 Å². The molecule has 0 bridgehead atoms. The van der Waals surface area contributed by atoms with Crippen LogP contribution in [0.2, 0.25) is 0 Å². The molecule has 1 atom stereocenters. The molecule has 5 heteroatoms. The Bertz CT molecular complexity index is 343. The van der Waals surface area contributed by atoms with Crippen molar-refractivity contribution in [3.05, 3.63) is 11.3 Å². The first-order valence-electron chi connectivity index (χ1n) is 5.14. The predicted molar refractivity (Wildman–Crippen MR) is 56.1 cm³/mol. The van der Waals surface area contributed by atoms with Gasteiger partial charge in [-0.25, -0.2) is 4.68 Å². The summed E-state index contributed by atoms with van der Waals surface area (Å²) in [5, 5.41) is 7.64. The lowest BCUT2D eigenvalue weighted by Crippen LogP contribution is -2.33. The fourth-order valence-electron chi connectivity index (χ4n) is 2.02. The lowest BCUT2D eigenvalue weighted by Gasteiger charge is -2.24. The second kappa shape index (κ2) is 4.20. The minimum atomic E-state index is 0.0578. The maximum absolute atomic E-state index is 5.70. The van der Waals surface area contributed by atoms with Gasteiger partial charge in [-0.15, -0.1) is 0 Å². The molecule has 0 aromatic carbocycles. The third-order valence-corrected chi connectivity index (χ3v) is 2.66. The Morgan fingerprint density at radius 2 is 2.40 bits per heavy atom.